The fraction of sp³-hybridized carbons (Fsp3) is 0.600. The number of benzene rings is 1. The third-order valence-electron chi connectivity index (χ3n) is 3.85. The van der Waals surface area contributed by atoms with E-state index in [1.54, 1.807) is 0 Å². The first-order valence-electron chi connectivity index (χ1n) is 6.73. The predicted molar refractivity (Wildman–Crippen MR) is 69.6 cm³/mol. The van der Waals surface area contributed by atoms with Gasteiger partial charge in [-0.3, -0.25) is 0 Å². The van der Waals surface area contributed by atoms with Gasteiger partial charge >= 0.3 is 0 Å². The van der Waals surface area contributed by atoms with Crippen LogP contribution in [0.2, 0.25) is 0 Å². The molecule has 1 aliphatic heterocycles. The van der Waals surface area contributed by atoms with E-state index in [-0.39, 0.29) is 0 Å². The predicted octanol–water partition coefficient (Wildman–Crippen LogP) is 2.72. The highest BCUT2D eigenvalue weighted by molar-refractivity contribution is 5.42. The lowest BCUT2D eigenvalue weighted by Crippen LogP contribution is -2.25. The molecule has 2 aliphatic rings. The maximum Gasteiger partial charge on any atom is 0.122 e. The molecule has 1 heterocycles. The molecule has 2 unspecified atom stereocenters. The molecule has 1 aromatic carbocycles. The zero-order chi connectivity index (χ0) is 11.8. The Bertz CT molecular complexity index is 413. The fourth-order valence-corrected chi connectivity index (χ4v) is 2.71. The fourth-order valence-electron chi connectivity index (χ4n) is 2.71. The molecule has 0 spiro atoms. The molecule has 2 nitrogen and oxygen atoms in total. The third kappa shape index (κ3) is 2.32. The second kappa shape index (κ2) is 4.34. The summed E-state index contributed by atoms with van der Waals surface area (Å²) in [7, 11) is 0. The summed E-state index contributed by atoms with van der Waals surface area (Å²) < 4.78 is 5.55. The lowest BCUT2D eigenvalue weighted by atomic mass is 10.0. The molecule has 1 N–H and O–H groups in total. The van der Waals surface area contributed by atoms with Crippen LogP contribution < -0.4 is 10.1 Å². The molecule has 1 aromatic rings. The normalized spacial score (nSPS) is 25.8. The van der Waals surface area contributed by atoms with Gasteiger partial charge in [-0.25, -0.2) is 0 Å². The van der Waals surface area contributed by atoms with E-state index >= 15 is 0 Å². The first kappa shape index (κ1) is 11.1. The van der Waals surface area contributed by atoms with Crippen LogP contribution in [0.25, 0.3) is 0 Å². The van der Waals surface area contributed by atoms with Gasteiger partial charge in [0, 0.05) is 12.5 Å². The highest BCUT2D eigenvalue weighted by Crippen LogP contribution is 2.48. The summed E-state index contributed by atoms with van der Waals surface area (Å²) in [6.45, 7) is 6.45. The monoisotopic (exact) mass is 231 g/mol. The molecular formula is C15H21NO. The summed E-state index contributed by atoms with van der Waals surface area (Å²) in [4.78, 5) is 0. The molecule has 17 heavy (non-hydrogen) atoms. The summed E-state index contributed by atoms with van der Waals surface area (Å²) >= 11 is 0. The van der Waals surface area contributed by atoms with Crippen molar-refractivity contribution in [1.29, 1.82) is 0 Å². The van der Waals surface area contributed by atoms with Crippen molar-refractivity contribution in [3.8, 4) is 5.75 Å². The first-order valence-corrected chi connectivity index (χ1v) is 6.73. The van der Waals surface area contributed by atoms with Gasteiger partial charge in [-0.1, -0.05) is 26.0 Å². The van der Waals surface area contributed by atoms with Crippen LogP contribution >= 0.6 is 0 Å². The van der Waals surface area contributed by atoms with Crippen LogP contribution in [0.5, 0.6) is 5.75 Å². The molecule has 1 fully saturated rings. The van der Waals surface area contributed by atoms with Gasteiger partial charge in [0.1, 0.15) is 5.75 Å². The Morgan fingerprint density at radius 2 is 2.29 bits per heavy atom. The maximum absolute atomic E-state index is 5.55. The summed E-state index contributed by atoms with van der Waals surface area (Å²) in [5, 5.41) is 3.53. The van der Waals surface area contributed by atoms with Crippen molar-refractivity contribution >= 4 is 0 Å². The van der Waals surface area contributed by atoms with Crippen LogP contribution in [-0.4, -0.2) is 19.2 Å². The Balaban J connectivity index is 1.63. The van der Waals surface area contributed by atoms with E-state index < -0.39 is 0 Å². The molecule has 2 heteroatoms. The van der Waals surface area contributed by atoms with Crippen LogP contribution in [0.4, 0.5) is 0 Å². The van der Waals surface area contributed by atoms with Gasteiger partial charge in [0.25, 0.3) is 0 Å². The number of hydrogen-bond acceptors (Lipinski definition) is 2. The number of nitrogens with one attached hydrogen (secondary N) is 1. The SMILES string of the molecule is CC(C)NCC1CC1c1ccc2c(c1)CCO2. The van der Waals surface area contributed by atoms with E-state index in [0.717, 1.165) is 37.2 Å². The van der Waals surface area contributed by atoms with Crippen LogP contribution in [0.3, 0.4) is 0 Å². The van der Waals surface area contributed by atoms with Gasteiger partial charge in [0.05, 0.1) is 6.61 Å². The minimum absolute atomic E-state index is 0.602. The van der Waals surface area contributed by atoms with Crippen molar-refractivity contribution in [3.63, 3.8) is 0 Å². The van der Waals surface area contributed by atoms with Gasteiger partial charge in [0.2, 0.25) is 0 Å². The summed E-state index contributed by atoms with van der Waals surface area (Å²) in [6, 6.07) is 7.37. The minimum Gasteiger partial charge on any atom is -0.493 e. The van der Waals surface area contributed by atoms with Crippen molar-refractivity contribution < 1.29 is 4.74 Å². The number of ether oxygens (including phenoxy) is 1. The number of hydrogen-bond donors (Lipinski definition) is 1. The van der Waals surface area contributed by atoms with E-state index in [9.17, 15) is 0 Å². The molecule has 1 aliphatic carbocycles. The van der Waals surface area contributed by atoms with Gasteiger partial charge < -0.3 is 10.1 Å². The van der Waals surface area contributed by atoms with Gasteiger partial charge in [-0.15, -0.1) is 0 Å². The lowest BCUT2D eigenvalue weighted by molar-refractivity contribution is 0.357. The Morgan fingerprint density at radius 3 is 3.12 bits per heavy atom. The molecule has 92 valence electrons. The van der Waals surface area contributed by atoms with E-state index in [0.29, 0.717) is 6.04 Å². The molecule has 0 amide bonds. The average molecular weight is 231 g/mol. The molecule has 0 bridgehead atoms. The van der Waals surface area contributed by atoms with E-state index in [1.807, 2.05) is 0 Å². The number of fused-ring (bicyclic) bond motifs is 1. The zero-order valence-electron chi connectivity index (χ0n) is 10.7. The second-order valence-corrected chi connectivity index (χ2v) is 5.63. The quantitative estimate of drug-likeness (QED) is 0.860. The van der Waals surface area contributed by atoms with Crippen LogP contribution in [0.15, 0.2) is 18.2 Å². The molecule has 0 aromatic heterocycles. The Kier molecular flexibility index (Phi) is 2.83. The topological polar surface area (TPSA) is 21.3 Å². The van der Waals surface area contributed by atoms with Crippen LogP contribution in [0.1, 0.15) is 37.3 Å². The number of rotatable bonds is 4. The Morgan fingerprint density at radius 1 is 1.41 bits per heavy atom. The van der Waals surface area contributed by atoms with Gasteiger partial charge in [-0.2, -0.15) is 0 Å². The smallest absolute Gasteiger partial charge is 0.122 e. The molecule has 1 saturated carbocycles. The largest absolute Gasteiger partial charge is 0.493 e. The second-order valence-electron chi connectivity index (χ2n) is 5.63. The summed E-state index contributed by atoms with van der Waals surface area (Å²) in [5.74, 6) is 2.73. The highest BCUT2D eigenvalue weighted by atomic mass is 16.5. The third-order valence-corrected chi connectivity index (χ3v) is 3.85. The molecule has 2 atom stereocenters. The lowest BCUT2D eigenvalue weighted by Gasteiger charge is -2.08. The van der Waals surface area contributed by atoms with Crippen LogP contribution in [-0.2, 0) is 6.42 Å². The summed E-state index contributed by atoms with van der Waals surface area (Å²) in [5.41, 5.74) is 2.93. The van der Waals surface area contributed by atoms with Crippen molar-refractivity contribution in [2.75, 3.05) is 13.2 Å². The first-order chi connectivity index (χ1) is 8.24. The Hall–Kier alpha value is -1.02. The van der Waals surface area contributed by atoms with E-state index in [4.69, 9.17) is 4.74 Å². The molecule has 0 radical (unpaired) electrons. The average Bonchev–Trinajstić information content (AvgIpc) is 2.94. The molecular weight excluding hydrogens is 210 g/mol. The van der Waals surface area contributed by atoms with Crippen molar-refractivity contribution in [1.82, 2.24) is 5.32 Å². The summed E-state index contributed by atoms with van der Waals surface area (Å²) in [6.07, 6.45) is 2.43. The van der Waals surface area contributed by atoms with Crippen molar-refractivity contribution in [2.24, 2.45) is 5.92 Å². The standard InChI is InChI=1S/C15H21NO/c1-10(2)16-9-13-8-14(13)11-3-4-15-12(7-11)5-6-17-15/h3-4,7,10,13-14,16H,5-6,8-9H2,1-2H3. The zero-order valence-corrected chi connectivity index (χ0v) is 10.7. The Labute approximate surface area is 103 Å². The minimum atomic E-state index is 0.602. The van der Waals surface area contributed by atoms with E-state index in [1.165, 1.54) is 17.5 Å². The van der Waals surface area contributed by atoms with E-state index in [2.05, 4.69) is 37.4 Å². The van der Waals surface area contributed by atoms with Crippen LogP contribution in [0, 0.1) is 5.92 Å². The van der Waals surface area contributed by atoms with Crippen molar-refractivity contribution in [2.45, 2.75) is 38.6 Å². The van der Waals surface area contributed by atoms with Crippen molar-refractivity contribution in [3.05, 3.63) is 29.3 Å². The molecule has 0 saturated heterocycles. The highest BCUT2D eigenvalue weighted by Gasteiger charge is 2.38. The van der Waals surface area contributed by atoms with Gasteiger partial charge in [0.15, 0.2) is 0 Å². The molecule has 3 rings (SSSR count). The maximum atomic E-state index is 5.55. The van der Waals surface area contributed by atoms with Gasteiger partial charge in [-0.05, 0) is 42.0 Å².